The van der Waals surface area contributed by atoms with Crippen molar-refractivity contribution in [2.24, 2.45) is 5.92 Å². The lowest BCUT2D eigenvalue weighted by atomic mass is 9.97. The van der Waals surface area contributed by atoms with Gasteiger partial charge in [-0.05, 0) is 31.6 Å². The topological polar surface area (TPSA) is 0 Å². The summed E-state index contributed by atoms with van der Waals surface area (Å²) in [5.41, 5.74) is 0. The zero-order valence-corrected chi connectivity index (χ0v) is 21.1. The zero-order chi connectivity index (χ0) is 22.0. The maximum atomic E-state index is 3.92. The van der Waals surface area contributed by atoms with Crippen LogP contribution in [0.1, 0.15) is 161 Å². The molecule has 0 aromatic carbocycles. The van der Waals surface area contributed by atoms with E-state index in [1.165, 1.54) is 141 Å². The van der Waals surface area contributed by atoms with Crippen molar-refractivity contribution in [1.29, 1.82) is 0 Å². The van der Waals surface area contributed by atoms with Crippen molar-refractivity contribution in [2.75, 3.05) is 0 Å². The first kappa shape index (κ1) is 29.7. The van der Waals surface area contributed by atoms with Gasteiger partial charge in [0, 0.05) is 0 Å². The molecule has 0 aromatic heterocycles. The largest absolute Gasteiger partial charge is 0.0885 e. The van der Waals surface area contributed by atoms with Gasteiger partial charge in [-0.1, -0.05) is 161 Å². The molecule has 0 heterocycles. The Morgan fingerprint density at radius 2 is 0.800 bits per heavy atom. The van der Waals surface area contributed by atoms with E-state index in [2.05, 4.69) is 32.9 Å². The molecular weight excluding hydrogens is 360 g/mol. The Labute approximate surface area is 193 Å². The van der Waals surface area contributed by atoms with E-state index >= 15 is 0 Å². The highest BCUT2D eigenvalue weighted by molar-refractivity contribution is 4.82. The standard InChI is InChI=1S/C30H58/c1-4-6-8-10-12-14-15-16-17-18-19-20-21-23-25-27-29-30(3)28-26-24-22-13-11-9-7-5-2/h22,24,30H,1-2,4-21,23,25-29H2,3H3/b24-22+. The average molecular weight is 419 g/mol. The van der Waals surface area contributed by atoms with E-state index in [-0.39, 0.29) is 0 Å². The Balaban J connectivity index is 3.16. The minimum Gasteiger partial charge on any atom is -0.0885 e. The molecule has 0 N–H and O–H groups in total. The zero-order valence-electron chi connectivity index (χ0n) is 21.1. The normalized spacial score (nSPS) is 12.8. The van der Waals surface area contributed by atoms with Crippen LogP contribution in [0.15, 0.2) is 12.2 Å². The van der Waals surface area contributed by atoms with Crippen molar-refractivity contribution >= 4 is 0 Å². The molecule has 0 aliphatic carbocycles. The average Bonchev–Trinajstić information content (AvgIpc) is 2.75. The number of hydrogen-bond donors (Lipinski definition) is 0. The molecule has 0 amide bonds. The van der Waals surface area contributed by atoms with E-state index in [9.17, 15) is 0 Å². The fourth-order valence-electron chi connectivity index (χ4n) is 4.34. The first-order chi connectivity index (χ1) is 14.8. The molecule has 0 aliphatic rings. The maximum absolute atomic E-state index is 3.92. The summed E-state index contributed by atoms with van der Waals surface area (Å²) >= 11 is 0. The van der Waals surface area contributed by atoms with Crippen LogP contribution in [0.5, 0.6) is 0 Å². The van der Waals surface area contributed by atoms with Gasteiger partial charge in [-0.2, -0.15) is 0 Å². The van der Waals surface area contributed by atoms with Crippen molar-refractivity contribution in [3.63, 3.8) is 0 Å². The van der Waals surface area contributed by atoms with Gasteiger partial charge in [-0.25, -0.2) is 0 Å². The van der Waals surface area contributed by atoms with Gasteiger partial charge in [0.2, 0.25) is 0 Å². The highest BCUT2D eigenvalue weighted by atomic mass is 14.1. The summed E-state index contributed by atoms with van der Waals surface area (Å²) in [5, 5.41) is 0. The predicted molar refractivity (Wildman–Crippen MR) is 140 cm³/mol. The van der Waals surface area contributed by atoms with Gasteiger partial charge >= 0.3 is 0 Å². The van der Waals surface area contributed by atoms with Crippen molar-refractivity contribution in [2.45, 2.75) is 161 Å². The summed E-state index contributed by atoms with van der Waals surface area (Å²) in [6.45, 7) is 10.3. The molecule has 0 heteroatoms. The Kier molecular flexibility index (Phi) is 26.5. The molecule has 0 saturated carbocycles. The van der Waals surface area contributed by atoms with Crippen molar-refractivity contribution in [3.05, 3.63) is 26.0 Å². The lowest BCUT2D eigenvalue weighted by molar-refractivity contribution is 0.456. The second-order valence-corrected chi connectivity index (χ2v) is 9.80. The number of unbranched alkanes of at least 4 members (excludes halogenated alkanes) is 19. The molecule has 0 nitrogen and oxygen atoms in total. The third-order valence-electron chi connectivity index (χ3n) is 6.56. The van der Waals surface area contributed by atoms with Gasteiger partial charge in [0.05, 0.1) is 0 Å². The quantitative estimate of drug-likeness (QED) is 0.102. The van der Waals surface area contributed by atoms with Crippen LogP contribution in [0.2, 0.25) is 0 Å². The Bertz CT molecular complexity index is 316. The van der Waals surface area contributed by atoms with E-state index in [4.69, 9.17) is 0 Å². The molecule has 0 fully saturated rings. The molecule has 178 valence electrons. The second kappa shape index (κ2) is 26.8. The molecule has 30 heavy (non-hydrogen) atoms. The lowest BCUT2D eigenvalue weighted by Gasteiger charge is -2.09. The van der Waals surface area contributed by atoms with Gasteiger partial charge in [0.1, 0.15) is 0 Å². The first-order valence-electron chi connectivity index (χ1n) is 14.0. The summed E-state index contributed by atoms with van der Waals surface area (Å²) in [6.07, 6.45) is 38.2. The third-order valence-corrected chi connectivity index (χ3v) is 6.56. The SMILES string of the molecule is [CH2]CCCCC/C=C/CCC(C)CCCCCCCCCCCCCCCCC[CH2]. The Morgan fingerprint density at radius 1 is 0.433 bits per heavy atom. The summed E-state index contributed by atoms with van der Waals surface area (Å²) in [4.78, 5) is 0. The Hall–Kier alpha value is -0.260. The van der Waals surface area contributed by atoms with Crippen LogP contribution >= 0.6 is 0 Å². The monoisotopic (exact) mass is 418 g/mol. The van der Waals surface area contributed by atoms with Crippen LogP contribution < -0.4 is 0 Å². The molecule has 0 spiro atoms. The number of allylic oxidation sites excluding steroid dienone is 2. The van der Waals surface area contributed by atoms with Crippen LogP contribution in [0.3, 0.4) is 0 Å². The highest BCUT2D eigenvalue weighted by Gasteiger charge is 2.01. The minimum atomic E-state index is 0.907. The predicted octanol–water partition coefficient (Wildman–Crippen LogP) is 11.2. The van der Waals surface area contributed by atoms with Crippen LogP contribution in [-0.4, -0.2) is 0 Å². The van der Waals surface area contributed by atoms with Crippen LogP contribution in [-0.2, 0) is 0 Å². The lowest BCUT2D eigenvalue weighted by Crippen LogP contribution is -1.94. The molecule has 0 aliphatic heterocycles. The van der Waals surface area contributed by atoms with Crippen molar-refractivity contribution in [1.82, 2.24) is 0 Å². The summed E-state index contributed by atoms with van der Waals surface area (Å²) in [6, 6.07) is 0. The number of rotatable bonds is 25. The minimum absolute atomic E-state index is 0.907. The molecule has 1 unspecified atom stereocenters. The van der Waals surface area contributed by atoms with E-state index in [1.54, 1.807) is 0 Å². The smallest absolute Gasteiger partial charge is 0.0348 e. The van der Waals surface area contributed by atoms with Gasteiger partial charge < -0.3 is 0 Å². The first-order valence-corrected chi connectivity index (χ1v) is 14.0. The third kappa shape index (κ3) is 25.8. The van der Waals surface area contributed by atoms with Crippen LogP contribution in [0.4, 0.5) is 0 Å². The fourth-order valence-corrected chi connectivity index (χ4v) is 4.34. The van der Waals surface area contributed by atoms with Gasteiger partial charge in [-0.15, -0.1) is 0 Å². The maximum Gasteiger partial charge on any atom is -0.0348 e. The fraction of sp³-hybridized carbons (Fsp3) is 0.867. The molecule has 1 atom stereocenters. The van der Waals surface area contributed by atoms with E-state index in [1.807, 2.05) is 0 Å². The highest BCUT2D eigenvalue weighted by Crippen LogP contribution is 2.18. The van der Waals surface area contributed by atoms with Gasteiger partial charge in [-0.3, -0.25) is 0 Å². The van der Waals surface area contributed by atoms with E-state index < -0.39 is 0 Å². The van der Waals surface area contributed by atoms with Crippen LogP contribution in [0.25, 0.3) is 0 Å². The van der Waals surface area contributed by atoms with Crippen molar-refractivity contribution in [3.8, 4) is 0 Å². The molecule has 0 saturated heterocycles. The van der Waals surface area contributed by atoms with Crippen molar-refractivity contribution < 1.29 is 0 Å². The molecule has 0 rings (SSSR count). The van der Waals surface area contributed by atoms with Gasteiger partial charge in [0.25, 0.3) is 0 Å². The second-order valence-electron chi connectivity index (χ2n) is 9.80. The summed E-state index contributed by atoms with van der Waals surface area (Å²) in [5.74, 6) is 0.907. The molecule has 2 radical (unpaired) electrons. The van der Waals surface area contributed by atoms with E-state index in [0.717, 1.165) is 18.8 Å². The summed E-state index contributed by atoms with van der Waals surface area (Å²) in [7, 11) is 0. The van der Waals surface area contributed by atoms with Gasteiger partial charge in [0.15, 0.2) is 0 Å². The molecule has 0 aromatic rings. The van der Waals surface area contributed by atoms with E-state index in [0.29, 0.717) is 0 Å². The Morgan fingerprint density at radius 3 is 1.27 bits per heavy atom. The molecular formula is C30H58. The molecule has 0 bridgehead atoms. The number of hydrogen-bond acceptors (Lipinski definition) is 0. The van der Waals surface area contributed by atoms with Crippen LogP contribution in [0, 0.1) is 19.8 Å². The summed E-state index contributed by atoms with van der Waals surface area (Å²) < 4.78 is 0.